The van der Waals surface area contributed by atoms with Crippen LogP contribution in [-0.2, 0) is 14.3 Å². The highest BCUT2D eigenvalue weighted by molar-refractivity contribution is 5.88. The molecule has 1 aromatic carbocycles. The van der Waals surface area contributed by atoms with Gasteiger partial charge in [-0.15, -0.1) is 0 Å². The van der Waals surface area contributed by atoms with Gasteiger partial charge in [0, 0.05) is 19.6 Å². The van der Waals surface area contributed by atoms with Gasteiger partial charge in [0.2, 0.25) is 5.91 Å². The van der Waals surface area contributed by atoms with Crippen LogP contribution >= 0.6 is 0 Å². The zero-order chi connectivity index (χ0) is 22.2. The van der Waals surface area contributed by atoms with Crippen LogP contribution in [0.3, 0.4) is 0 Å². The molecule has 0 radical (unpaired) electrons. The third-order valence-electron chi connectivity index (χ3n) is 5.49. The van der Waals surface area contributed by atoms with E-state index in [1.807, 2.05) is 36.1 Å². The molecule has 1 atom stereocenters. The lowest BCUT2D eigenvalue weighted by Gasteiger charge is -2.33. The molecule has 164 valence electrons. The summed E-state index contributed by atoms with van der Waals surface area (Å²) in [4.78, 5) is 36.3. The first-order valence-electron chi connectivity index (χ1n) is 10.9. The number of piperidine rings is 1. The molecule has 8 nitrogen and oxygen atoms in total. The summed E-state index contributed by atoms with van der Waals surface area (Å²) in [5, 5.41) is 12.7. The Morgan fingerprint density at radius 3 is 2.52 bits per heavy atom. The minimum atomic E-state index is -1.05. The Labute approximate surface area is 182 Å². The number of amides is 1. The summed E-state index contributed by atoms with van der Waals surface area (Å²) in [5.41, 5.74) is 1.71. The van der Waals surface area contributed by atoms with Crippen molar-refractivity contribution in [2.45, 2.75) is 45.4 Å². The molecular formula is C23H29N5O3. The summed E-state index contributed by atoms with van der Waals surface area (Å²) in [6.45, 7) is 5.90. The van der Waals surface area contributed by atoms with Crippen LogP contribution in [0, 0.1) is 17.2 Å². The second-order valence-corrected chi connectivity index (χ2v) is 7.64. The molecule has 1 aliphatic heterocycles. The molecule has 1 N–H and O–H groups in total. The summed E-state index contributed by atoms with van der Waals surface area (Å²) in [6, 6.07) is 9.54. The topological polar surface area (TPSA) is 108 Å². The summed E-state index contributed by atoms with van der Waals surface area (Å²) < 4.78 is 5.16. The van der Waals surface area contributed by atoms with Gasteiger partial charge in [0.15, 0.2) is 11.7 Å². The van der Waals surface area contributed by atoms with Gasteiger partial charge in [0.25, 0.3) is 0 Å². The minimum Gasteiger partial charge on any atom is -0.466 e. The molecule has 8 heteroatoms. The normalized spacial score (nSPS) is 15.3. The number of nitrogens with one attached hydrogen (secondary N) is 1. The minimum absolute atomic E-state index is 0.142. The van der Waals surface area contributed by atoms with Crippen LogP contribution in [0.25, 0.3) is 11.0 Å². The van der Waals surface area contributed by atoms with E-state index in [0.717, 1.165) is 12.8 Å². The SMILES string of the molecule is CCCCNC(=O)[C@H](C#N)c1nc2ccccc2nc1N1CCC(C(=O)OCC)CC1. The van der Waals surface area contributed by atoms with Crippen LogP contribution in [0.1, 0.15) is 51.1 Å². The Balaban J connectivity index is 1.90. The van der Waals surface area contributed by atoms with Gasteiger partial charge in [-0.25, -0.2) is 9.97 Å². The van der Waals surface area contributed by atoms with E-state index in [4.69, 9.17) is 9.72 Å². The fourth-order valence-electron chi connectivity index (χ4n) is 3.75. The zero-order valence-electron chi connectivity index (χ0n) is 18.1. The number of benzene rings is 1. The molecule has 1 fully saturated rings. The number of para-hydroxylation sites is 2. The predicted molar refractivity (Wildman–Crippen MR) is 117 cm³/mol. The maximum atomic E-state index is 12.8. The lowest BCUT2D eigenvalue weighted by Crippen LogP contribution is -2.39. The van der Waals surface area contributed by atoms with Crippen LogP contribution < -0.4 is 10.2 Å². The molecule has 1 amide bonds. The van der Waals surface area contributed by atoms with Crippen molar-refractivity contribution in [2.75, 3.05) is 31.1 Å². The van der Waals surface area contributed by atoms with E-state index in [9.17, 15) is 14.9 Å². The second-order valence-electron chi connectivity index (χ2n) is 7.64. The maximum absolute atomic E-state index is 12.8. The Kier molecular flexibility index (Phi) is 7.76. The number of hydrogen-bond acceptors (Lipinski definition) is 7. The van der Waals surface area contributed by atoms with Crippen molar-refractivity contribution < 1.29 is 14.3 Å². The molecule has 2 heterocycles. The quantitative estimate of drug-likeness (QED) is 0.514. The molecule has 31 heavy (non-hydrogen) atoms. The highest BCUT2D eigenvalue weighted by Crippen LogP contribution is 2.30. The Morgan fingerprint density at radius 1 is 1.23 bits per heavy atom. The Hall–Kier alpha value is -3.21. The van der Waals surface area contributed by atoms with Crippen molar-refractivity contribution in [1.29, 1.82) is 5.26 Å². The highest BCUT2D eigenvalue weighted by atomic mass is 16.5. The van der Waals surface area contributed by atoms with Crippen molar-refractivity contribution in [3.05, 3.63) is 30.0 Å². The van der Waals surface area contributed by atoms with Gasteiger partial charge >= 0.3 is 5.97 Å². The van der Waals surface area contributed by atoms with Crippen molar-refractivity contribution in [1.82, 2.24) is 15.3 Å². The molecule has 2 aromatic rings. The van der Waals surface area contributed by atoms with Crippen molar-refractivity contribution in [2.24, 2.45) is 5.92 Å². The maximum Gasteiger partial charge on any atom is 0.309 e. The number of nitriles is 1. The zero-order valence-corrected chi connectivity index (χ0v) is 18.1. The fourth-order valence-corrected chi connectivity index (χ4v) is 3.75. The number of nitrogens with zero attached hydrogens (tertiary/aromatic N) is 4. The molecule has 1 aromatic heterocycles. The van der Waals surface area contributed by atoms with Gasteiger partial charge < -0.3 is 15.0 Å². The highest BCUT2D eigenvalue weighted by Gasteiger charge is 2.32. The molecule has 0 bridgehead atoms. The van der Waals surface area contributed by atoms with E-state index in [2.05, 4.69) is 16.4 Å². The second kappa shape index (κ2) is 10.7. The lowest BCUT2D eigenvalue weighted by molar-refractivity contribution is -0.148. The van der Waals surface area contributed by atoms with Crippen molar-refractivity contribution in [3.63, 3.8) is 0 Å². The number of carbonyl (C=O) groups is 2. The molecule has 3 rings (SSSR count). The number of fused-ring (bicyclic) bond motifs is 1. The van der Waals surface area contributed by atoms with E-state index in [0.29, 0.717) is 61.6 Å². The first-order chi connectivity index (χ1) is 15.1. The van der Waals surface area contributed by atoms with Gasteiger partial charge in [-0.1, -0.05) is 25.5 Å². The van der Waals surface area contributed by atoms with Crippen LogP contribution in [0.15, 0.2) is 24.3 Å². The number of unbranched alkanes of at least 4 members (excludes halogenated alkanes) is 1. The summed E-state index contributed by atoms with van der Waals surface area (Å²) >= 11 is 0. The van der Waals surface area contributed by atoms with E-state index in [-0.39, 0.29) is 17.8 Å². The number of esters is 1. The van der Waals surface area contributed by atoms with Gasteiger partial charge in [-0.05, 0) is 38.3 Å². The largest absolute Gasteiger partial charge is 0.466 e. The number of rotatable bonds is 8. The molecule has 0 aliphatic carbocycles. The Bertz CT molecular complexity index is 963. The summed E-state index contributed by atoms with van der Waals surface area (Å²) in [7, 11) is 0. The van der Waals surface area contributed by atoms with E-state index in [1.165, 1.54) is 0 Å². The number of carbonyl (C=O) groups excluding carboxylic acids is 2. The first kappa shape index (κ1) is 22.5. The molecule has 0 saturated carbocycles. The molecular weight excluding hydrogens is 394 g/mol. The van der Waals surface area contributed by atoms with Gasteiger partial charge in [-0.2, -0.15) is 5.26 Å². The third-order valence-corrected chi connectivity index (χ3v) is 5.49. The fraction of sp³-hybridized carbons (Fsp3) is 0.522. The smallest absolute Gasteiger partial charge is 0.309 e. The van der Waals surface area contributed by atoms with Gasteiger partial charge in [0.1, 0.15) is 5.69 Å². The van der Waals surface area contributed by atoms with Crippen LogP contribution in [0.4, 0.5) is 5.82 Å². The monoisotopic (exact) mass is 423 g/mol. The van der Waals surface area contributed by atoms with Crippen LogP contribution in [-0.4, -0.2) is 48.1 Å². The first-order valence-corrected chi connectivity index (χ1v) is 10.9. The number of anilines is 1. The number of aromatic nitrogens is 2. The number of ether oxygens (including phenoxy) is 1. The predicted octanol–water partition coefficient (Wildman–Crippen LogP) is 2.93. The standard InChI is InChI=1S/C23H29N5O3/c1-3-5-12-25-22(29)17(15-24)20-21(27-19-9-7-6-8-18(19)26-20)28-13-10-16(11-14-28)23(30)31-4-2/h6-9,16-17H,3-5,10-14H2,1-2H3,(H,25,29)/t17-/m1/s1. The van der Waals surface area contributed by atoms with Crippen molar-refractivity contribution in [3.8, 4) is 6.07 Å². The van der Waals surface area contributed by atoms with Crippen LogP contribution in [0.2, 0.25) is 0 Å². The number of hydrogen-bond donors (Lipinski definition) is 1. The molecule has 0 spiro atoms. The lowest BCUT2D eigenvalue weighted by atomic mass is 9.96. The van der Waals surface area contributed by atoms with E-state index in [1.54, 1.807) is 6.92 Å². The van der Waals surface area contributed by atoms with E-state index < -0.39 is 5.92 Å². The molecule has 0 unspecified atom stereocenters. The van der Waals surface area contributed by atoms with Crippen molar-refractivity contribution >= 4 is 28.7 Å². The average Bonchev–Trinajstić information content (AvgIpc) is 2.79. The summed E-state index contributed by atoms with van der Waals surface area (Å²) in [5.74, 6) is -1.18. The van der Waals surface area contributed by atoms with Gasteiger partial charge in [0.05, 0.1) is 29.6 Å². The third kappa shape index (κ3) is 5.29. The van der Waals surface area contributed by atoms with E-state index >= 15 is 0 Å². The molecule has 1 saturated heterocycles. The van der Waals surface area contributed by atoms with Gasteiger partial charge in [-0.3, -0.25) is 9.59 Å². The van der Waals surface area contributed by atoms with Crippen LogP contribution in [0.5, 0.6) is 0 Å². The summed E-state index contributed by atoms with van der Waals surface area (Å²) in [6.07, 6.45) is 3.06. The Morgan fingerprint density at radius 2 is 1.90 bits per heavy atom. The average molecular weight is 424 g/mol. The molecule has 1 aliphatic rings.